The fourth-order valence-corrected chi connectivity index (χ4v) is 2.05. The van der Waals surface area contributed by atoms with Crippen LogP contribution in [0.25, 0.3) is 0 Å². The van der Waals surface area contributed by atoms with E-state index in [-0.39, 0.29) is 5.54 Å². The maximum atomic E-state index is 5.99. The number of ether oxygens (including phenoxy) is 1. The van der Waals surface area contributed by atoms with Crippen LogP contribution < -0.4 is 5.32 Å². The average molecular weight is 294 g/mol. The summed E-state index contributed by atoms with van der Waals surface area (Å²) in [6, 6.07) is 2.13. The van der Waals surface area contributed by atoms with Crippen molar-refractivity contribution >= 4 is 0 Å². The van der Waals surface area contributed by atoms with Crippen LogP contribution in [0.4, 0.5) is 0 Å². The first-order valence-corrected chi connectivity index (χ1v) is 7.51. The number of methoxy groups -OCH3 is 1. The summed E-state index contributed by atoms with van der Waals surface area (Å²) in [6.45, 7) is 16.3. The van der Waals surface area contributed by atoms with Crippen molar-refractivity contribution in [3.63, 3.8) is 0 Å². The molecule has 21 heavy (non-hydrogen) atoms. The van der Waals surface area contributed by atoms with Crippen LogP contribution in [0.2, 0.25) is 0 Å². The summed E-state index contributed by atoms with van der Waals surface area (Å²) in [5, 5.41) is 3.46. The third-order valence-electron chi connectivity index (χ3n) is 3.23. The van der Waals surface area contributed by atoms with Gasteiger partial charge < -0.3 is 14.5 Å². The molecule has 1 N–H and O–H groups in total. The van der Waals surface area contributed by atoms with Crippen molar-refractivity contribution in [3.05, 3.63) is 35.8 Å². The Kier molecular flexibility index (Phi) is 7.15. The highest BCUT2D eigenvalue weighted by molar-refractivity contribution is 5.20. The van der Waals surface area contributed by atoms with Crippen molar-refractivity contribution in [2.75, 3.05) is 26.8 Å². The van der Waals surface area contributed by atoms with E-state index in [0.717, 1.165) is 37.7 Å². The highest BCUT2D eigenvalue weighted by atomic mass is 16.5. The van der Waals surface area contributed by atoms with E-state index in [1.807, 2.05) is 6.08 Å². The molecule has 1 heterocycles. The summed E-state index contributed by atoms with van der Waals surface area (Å²) in [5.41, 5.74) is 1.29. The molecule has 0 amide bonds. The number of nitrogens with one attached hydrogen (secondary N) is 1. The molecule has 0 atom stereocenters. The van der Waals surface area contributed by atoms with Crippen LogP contribution in [0.15, 0.2) is 23.1 Å². The van der Waals surface area contributed by atoms with E-state index in [1.54, 1.807) is 7.11 Å². The first-order chi connectivity index (χ1) is 9.85. The third-order valence-corrected chi connectivity index (χ3v) is 3.23. The van der Waals surface area contributed by atoms with Gasteiger partial charge in [0.05, 0.1) is 19.7 Å². The van der Waals surface area contributed by atoms with E-state index >= 15 is 0 Å². The zero-order valence-electron chi connectivity index (χ0n) is 14.2. The van der Waals surface area contributed by atoms with Crippen LogP contribution in [0.1, 0.15) is 37.9 Å². The maximum Gasteiger partial charge on any atom is 0.120 e. The third kappa shape index (κ3) is 6.93. The topological polar surface area (TPSA) is 37.6 Å². The number of nitrogens with zero attached hydrogens (tertiary/aromatic N) is 1. The zero-order valence-corrected chi connectivity index (χ0v) is 14.2. The molecule has 0 aliphatic heterocycles. The lowest BCUT2D eigenvalue weighted by atomic mass is 10.1. The minimum absolute atomic E-state index is 0.0900. The molecule has 0 spiro atoms. The van der Waals surface area contributed by atoms with Gasteiger partial charge in [0, 0.05) is 25.7 Å². The van der Waals surface area contributed by atoms with Crippen molar-refractivity contribution in [1.29, 1.82) is 0 Å². The van der Waals surface area contributed by atoms with Gasteiger partial charge in [-0.05, 0) is 39.3 Å². The second-order valence-electron chi connectivity index (χ2n) is 6.44. The molecule has 120 valence electrons. The Morgan fingerprint density at radius 3 is 2.71 bits per heavy atom. The molecule has 0 radical (unpaired) electrons. The molecule has 0 saturated carbocycles. The largest absolute Gasteiger partial charge is 0.463 e. The van der Waals surface area contributed by atoms with E-state index in [2.05, 4.69) is 50.6 Å². The van der Waals surface area contributed by atoms with Gasteiger partial charge in [-0.2, -0.15) is 0 Å². The van der Waals surface area contributed by atoms with E-state index in [4.69, 9.17) is 9.15 Å². The lowest BCUT2D eigenvalue weighted by Crippen LogP contribution is -2.35. The minimum Gasteiger partial charge on any atom is -0.463 e. The molecular formula is C17H30N2O2. The number of hydrogen-bond acceptors (Lipinski definition) is 4. The van der Waals surface area contributed by atoms with Crippen molar-refractivity contribution in [2.45, 2.75) is 46.3 Å². The Morgan fingerprint density at radius 1 is 1.43 bits per heavy atom. The summed E-state index contributed by atoms with van der Waals surface area (Å²) >= 11 is 0. The van der Waals surface area contributed by atoms with E-state index in [0.29, 0.717) is 6.61 Å². The lowest BCUT2D eigenvalue weighted by molar-refractivity contribution is 0.146. The van der Waals surface area contributed by atoms with Gasteiger partial charge in [0.15, 0.2) is 0 Å². The molecule has 0 bridgehead atoms. The molecule has 0 aliphatic rings. The van der Waals surface area contributed by atoms with Gasteiger partial charge in [-0.15, -0.1) is 6.58 Å². The Bertz CT molecular complexity index is 432. The fourth-order valence-electron chi connectivity index (χ4n) is 2.05. The highest BCUT2D eigenvalue weighted by Gasteiger charge is 2.14. The summed E-state index contributed by atoms with van der Waals surface area (Å²) in [5.74, 6) is 2.02. The number of hydrogen-bond donors (Lipinski definition) is 1. The molecule has 4 heteroatoms. The second-order valence-corrected chi connectivity index (χ2v) is 6.44. The van der Waals surface area contributed by atoms with Crippen LogP contribution in [0.3, 0.4) is 0 Å². The molecule has 0 fully saturated rings. The molecule has 1 aromatic rings. The Hall–Kier alpha value is -1.10. The maximum absolute atomic E-state index is 5.99. The van der Waals surface area contributed by atoms with Gasteiger partial charge in [0.1, 0.15) is 11.5 Å². The predicted molar refractivity (Wildman–Crippen MR) is 87.4 cm³/mol. The monoisotopic (exact) mass is 294 g/mol. The summed E-state index contributed by atoms with van der Waals surface area (Å²) in [4.78, 5) is 2.26. The zero-order chi connectivity index (χ0) is 15.9. The molecule has 0 aliphatic carbocycles. The van der Waals surface area contributed by atoms with Crippen molar-refractivity contribution < 1.29 is 9.15 Å². The van der Waals surface area contributed by atoms with Gasteiger partial charge in [0.2, 0.25) is 0 Å². The fraction of sp³-hybridized carbons (Fsp3) is 0.647. The summed E-state index contributed by atoms with van der Waals surface area (Å²) in [7, 11) is 1.72. The smallest absolute Gasteiger partial charge is 0.120 e. The van der Waals surface area contributed by atoms with Gasteiger partial charge in [-0.1, -0.05) is 6.08 Å². The van der Waals surface area contributed by atoms with Crippen molar-refractivity contribution in [3.8, 4) is 0 Å². The predicted octanol–water partition coefficient (Wildman–Crippen LogP) is 3.11. The normalized spacial score (nSPS) is 12.1. The standard InChI is InChI=1S/C17H30N2O2/c1-7-8-19(9-10-20-6)13-15-11-14(2)16(21-15)12-18-17(3,4)5/h7,11,18H,1,8-10,12-13H2,2-6H3. The highest BCUT2D eigenvalue weighted by Crippen LogP contribution is 2.17. The first-order valence-electron chi connectivity index (χ1n) is 7.51. The van der Waals surface area contributed by atoms with Crippen molar-refractivity contribution in [2.24, 2.45) is 0 Å². The quantitative estimate of drug-likeness (QED) is 0.710. The number of aryl methyl sites for hydroxylation is 1. The van der Waals surface area contributed by atoms with Crippen LogP contribution >= 0.6 is 0 Å². The molecule has 4 nitrogen and oxygen atoms in total. The first kappa shape index (κ1) is 18.0. The van der Waals surface area contributed by atoms with Crippen LogP contribution in [-0.4, -0.2) is 37.2 Å². The lowest BCUT2D eigenvalue weighted by Gasteiger charge is -2.20. The van der Waals surface area contributed by atoms with E-state index in [9.17, 15) is 0 Å². The molecule has 0 aromatic carbocycles. The van der Waals surface area contributed by atoms with E-state index in [1.165, 1.54) is 5.56 Å². The second kappa shape index (κ2) is 8.37. The minimum atomic E-state index is 0.0900. The van der Waals surface area contributed by atoms with Crippen LogP contribution in [-0.2, 0) is 17.8 Å². The van der Waals surface area contributed by atoms with Crippen LogP contribution in [0.5, 0.6) is 0 Å². The van der Waals surface area contributed by atoms with Gasteiger partial charge in [-0.3, -0.25) is 4.90 Å². The molecule has 0 saturated heterocycles. The molecule has 1 aromatic heterocycles. The summed E-state index contributed by atoms with van der Waals surface area (Å²) in [6.07, 6.45) is 1.91. The Labute approximate surface area is 129 Å². The Morgan fingerprint density at radius 2 is 2.14 bits per heavy atom. The Balaban J connectivity index is 2.64. The number of furan rings is 1. The van der Waals surface area contributed by atoms with Crippen molar-refractivity contribution in [1.82, 2.24) is 10.2 Å². The SMILES string of the molecule is C=CCN(CCOC)Cc1cc(C)c(CNC(C)(C)C)o1. The van der Waals surface area contributed by atoms with Gasteiger partial charge in [0.25, 0.3) is 0 Å². The number of rotatable bonds is 9. The van der Waals surface area contributed by atoms with Crippen LogP contribution in [0, 0.1) is 6.92 Å². The van der Waals surface area contributed by atoms with Gasteiger partial charge >= 0.3 is 0 Å². The average Bonchev–Trinajstić information content (AvgIpc) is 2.73. The molecular weight excluding hydrogens is 264 g/mol. The van der Waals surface area contributed by atoms with Gasteiger partial charge in [-0.25, -0.2) is 0 Å². The molecule has 0 unspecified atom stereocenters. The summed E-state index contributed by atoms with van der Waals surface area (Å²) < 4.78 is 11.1. The van der Waals surface area contributed by atoms with E-state index < -0.39 is 0 Å². The molecule has 1 rings (SSSR count).